The van der Waals surface area contributed by atoms with Gasteiger partial charge in [-0.15, -0.1) is 6.58 Å². The minimum absolute atomic E-state index is 0.103. The summed E-state index contributed by atoms with van der Waals surface area (Å²) < 4.78 is 15.9. The van der Waals surface area contributed by atoms with E-state index >= 15 is 0 Å². The molecule has 1 aromatic heterocycles. The normalized spacial score (nSPS) is 18.4. The lowest BCUT2D eigenvalue weighted by molar-refractivity contribution is 0.106. The zero-order valence-electron chi connectivity index (χ0n) is 15.9. The number of hydrogen-bond donors (Lipinski definition) is 0. The Morgan fingerprint density at radius 3 is 2.92 bits per heavy atom. The Bertz CT molecular complexity index is 739. The topological polar surface area (TPSA) is 24.3 Å². The van der Waals surface area contributed by atoms with E-state index in [-0.39, 0.29) is 5.82 Å². The summed E-state index contributed by atoms with van der Waals surface area (Å²) >= 11 is 0. The Balaban J connectivity index is 1.60. The molecule has 3 rings (SSSR count). The summed E-state index contributed by atoms with van der Waals surface area (Å²) in [5, 5.41) is 4.55. The summed E-state index contributed by atoms with van der Waals surface area (Å²) in [6, 6.07) is 7.58. The van der Waals surface area contributed by atoms with Crippen LogP contribution in [0, 0.1) is 12.7 Å². The Labute approximate surface area is 155 Å². The maximum atomic E-state index is 13.9. The lowest BCUT2D eigenvalue weighted by atomic mass is 10.0. The minimum Gasteiger partial charge on any atom is -0.298 e. The van der Waals surface area contributed by atoms with Crippen molar-refractivity contribution in [3.8, 4) is 0 Å². The fraction of sp³-hybridized carbons (Fsp3) is 0.476. The molecule has 1 atom stereocenters. The molecule has 1 saturated heterocycles. The summed E-state index contributed by atoms with van der Waals surface area (Å²) in [5.74, 6) is -0.103. The number of hydrogen-bond acceptors (Lipinski definition) is 3. The van der Waals surface area contributed by atoms with Crippen molar-refractivity contribution >= 4 is 0 Å². The predicted octanol–water partition coefficient (Wildman–Crippen LogP) is 3.61. The summed E-state index contributed by atoms with van der Waals surface area (Å²) in [4.78, 5) is 4.78. The first-order valence-corrected chi connectivity index (χ1v) is 9.36. The number of piperidine rings is 1. The zero-order chi connectivity index (χ0) is 18.5. The van der Waals surface area contributed by atoms with E-state index in [4.69, 9.17) is 0 Å². The number of aryl methyl sites for hydroxylation is 1. The van der Waals surface area contributed by atoms with Crippen molar-refractivity contribution in [1.82, 2.24) is 19.6 Å². The molecule has 140 valence electrons. The van der Waals surface area contributed by atoms with Gasteiger partial charge in [-0.05, 0) is 39.4 Å². The smallest absolute Gasteiger partial charge is 0.127 e. The van der Waals surface area contributed by atoms with Crippen LogP contribution in [0.5, 0.6) is 0 Å². The van der Waals surface area contributed by atoms with Crippen LogP contribution >= 0.6 is 0 Å². The van der Waals surface area contributed by atoms with Crippen molar-refractivity contribution in [2.75, 3.05) is 20.1 Å². The maximum Gasteiger partial charge on any atom is 0.127 e. The van der Waals surface area contributed by atoms with Crippen LogP contribution in [0.15, 0.2) is 43.1 Å². The van der Waals surface area contributed by atoms with Crippen molar-refractivity contribution in [1.29, 1.82) is 0 Å². The fourth-order valence-electron chi connectivity index (χ4n) is 3.74. The van der Waals surface area contributed by atoms with Crippen LogP contribution in [0.25, 0.3) is 0 Å². The molecule has 1 aromatic carbocycles. The van der Waals surface area contributed by atoms with Crippen molar-refractivity contribution < 1.29 is 4.39 Å². The lowest BCUT2D eigenvalue weighted by Gasteiger charge is -2.37. The second kappa shape index (κ2) is 8.60. The quantitative estimate of drug-likeness (QED) is 0.708. The maximum absolute atomic E-state index is 13.9. The molecule has 1 fully saturated rings. The molecular formula is C21H29FN4. The highest BCUT2D eigenvalue weighted by Crippen LogP contribution is 2.20. The van der Waals surface area contributed by atoms with E-state index in [1.807, 2.05) is 22.9 Å². The molecule has 0 amide bonds. The minimum atomic E-state index is -0.103. The second-order valence-corrected chi connectivity index (χ2v) is 7.29. The molecule has 26 heavy (non-hydrogen) atoms. The second-order valence-electron chi connectivity index (χ2n) is 7.29. The molecule has 0 unspecified atom stereocenters. The van der Waals surface area contributed by atoms with Crippen LogP contribution in [0.4, 0.5) is 4.39 Å². The molecular weight excluding hydrogens is 327 g/mol. The molecule has 2 aromatic rings. The Morgan fingerprint density at radius 2 is 2.15 bits per heavy atom. The summed E-state index contributed by atoms with van der Waals surface area (Å²) in [5.41, 5.74) is 3.13. The van der Waals surface area contributed by atoms with E-state index in [0.717, 1.165) is 43.9 Å². The van der Waals surface area contributed by atoms with Crippen molar-refractivity contribution in [3.63, 3.8) is 0 Å². The molecule has 1 aliphatic heterocycles. The van der Waals surface area contributed by atoms with E-state index in [0.29, 0.717) is 12.6 Å². The number of benzene rings is 1. The third kappa shape index (κ3) is 4.59. The largest absolute Gasteiger partial charge is 0.298 e. The average molecular weight is 356 g/mol. The fourth-order valence-corrected chi connectivity index (χ4v) is 3.74. The van der Waals surface area contributed by atoms with E-state index in [1.54, 1.807) is 12.1 Å². The molecule has 2 heterocycles. The number of rotatable bonds is 7. The monoisotopic (exact) mass is 356 g/mol. The molecule has 5 heteroatoms. The number of nitrogens with zero attached hydrogens (tertiary/aromatic N) is 4. The Hall–Kier alpha value is -1.98. The number of halogens is 1. The molecule has 0 spiro atoms. The molecule has 0 bridgehead atoms. The number of allylic oxidation sites excluding steroid dienone is 1. The van der Waals surface area contributed by atoms with Crippen LogP contribution in [0.3, 0.4) is 0 Å². The molecule has 0 saturated carbocycles. The zero-order valence-corrected chi connectivity index (χ0v) is 15.9. The van der Waals surface area contributed by atoms with Gasteiger partial charge in [0.2, 0.25) is 0 Å². The van der Waals surface area contributed by atoms with Gasteiger partial charge in [0, 0.05) is 43.0 Å². The Kier molecular flexibility index (Phi) is 6.22. The van der Waals surface area contributed by atoms with Gasteiger partial charge in [-0.1, -0.05) is 24.3 Å². The van der Waals surface area contributed by atoms with E-state index in [9.17, 15) is 4.39 Å². The van der Waals surface area contributed by atoms with Gasteiger partial charge < -0.3 is 0 Å². The summed E-state index contributed by atoms with van der Waals surface area (Å²) in [7, 11) is 2.18. The highest BCUT2D eigenvalue weighted by atomic mass is 19.1. The molecule has 4 nitrogen and oxygen atoms in total. The number of likely N-dealkylation sites (tertiary alicyclic amines) is 1. The SMILES string of the molecule is C=CCn1cc(CN(C)[C@H]2CCCN(Cc3ccccc3F)C2)c(C)n1. The van der Waals surface area contributed by atoms with Crippen LogP contribution < -0.4 is 0 Å². The van der Waals surface area contributed by atoms with Crippen LogP contribution in [-0.2, 0) is 19.6 Å². The van der Waals surface area contributed by atoms with Gasteiger partial charge in [0.15, 0.2) is 0 Å². The average Bonchev–Trinajstić information content (AvgIpc) is 2.97. The van der Waals surface area contributed by atoms with Crippen LogP contribution in [0.2, 0.25) is 0 Å². The van der Waals surface area contributed by atoms with Gasteiger partial charge in [-0.3, -0.25) is 14.5 Å². The first-order chi connectivity index (χ1) is 12.6. The first-order valence-electron chi connectivity index (χ1n) is 9.36. The third-order valence-corrected chi connectivity index (χ3v) is 5.24. The van der Waals surface area contributed by atoms with Crippen molar-refractivity contribution in [2.45, 2.75) is 45.4 Å². The van der Waals surface area contributed by atoms with Gasteiger partial charge >= 0.3 is 0 Å². The van der Waals surface area contributed by atoms with Gasteiger partial charge in [0.05, 0.1) is 12.2 Å². The van der Waals surface area contributed by atoms with Gasteiger partial charge in [0.1, 0.15) is 5.82 Å². The number of aromatic nitrogens is 2. The van der Waals surface area contributed by atoms with Gasteiger partial charge in [-0.2, -0.15) is 5.10 Å². The summed E-state index contributed by atoms with van der Waals surface area (Å²) in [6.07, 6.45) is 6.32. The highest BCUT2D eigenvalue weighted by Gasteiger charge is 2.24. The molecule has 0 N–H and O–H groups in total. The van der Waals surface area contributed by atoms with Gasteiger partial charge in [0.25, 0.3) is 0 Å². The molecule has 1 aliphatic rings. The third-order valence-electron chi connectivity index (χ3n) is 5.24. The first kappa shape index (κ1) is 18.8. The van der Waals surface area contributed by atoms with Crippen LogP contribution in [-0.4, -0.2) is 45.8 Å². The van der Waals surface area contributed by atoms with E-state index in [2.05, 4.69) is 41.6 Å². The van der Waals surface area contributed by atoms with Crippen LogP contribution in [0.1, 0.15) is 29.7 Å². The highest BCUT2D eigenvalue weighted by molar-refractivity contribution is 5.17. The number of likely N-dealkylation sites (N-methyl/N-ethyl adjacent to an activating group) is 1. The summed E-state index contributed by atoms with van der Waals surface area (Å²) in [6.45, 7) is 10.2. The Morgan fingerprint density at radius 1 is 1.35 bits per heavy atom. The van der Waals surface area contributed by atoms with Gasteiger partial charge in [-0.25, -0.2) is 4.39 Å². The lowest BCUT2D eigenvalue weighted by Crippen LogP contribution is -2.45. The van der Waals surface area contributed by atoms with Crippen molar-refractivity contribution in [3.05, 3.63) is 65.8 Å². The predicted molar refractivity (Wildman–Crippen MR) is 103 cm³/mol. The van der Waals surface area contributed by atoms with Crippen molar-refractivity contribution in [2.24, 2.45) is 0 Å². The molecule has 0 aliphatic carbocycles. The van der Waals surface area contributed by atoms with E-state index in [1.165, 1.54) is 12.0 Å². The molecule has 0 radical (unpaired) electrons. The standard InChI is InChI=1S/C21H29FN4/c1-4-11-26-15-19(17(2)23-26)13-24(3)20-9-7-12-25(16-20)14-18-8-5-6-10-21(18)22/h4-6,8,10,15,20H,1,7,9,11-14,16H2,2-3H3/t20-/m0/s1. The van der Waals surface area contributed by atoms with E-state index < -0.39 is 0 Å².